The number of benzene rings is 1. The smallest absolute Gasteiger partial charge is 0.255 e. The fourth-order valence-electron chi connectivity index (χ4n) is 3.60. The van der Waals surface area contributed by atoms with Gasteiger partial charge in [-0.1, -0.05) is 48.0 Å². The normalized spacial score (nSPS) is 15.0. The molecule has 1 aliphatic rings. The van der Waals surface area contributed by atoms with Crippen molar-refractivity contribution in [3.63, 3.8) is 0 Å². The Balaban J connectivity index is 1.59. The lowest BCUT2D eigenvalue weighted by Gasteiger charge is -2.27. The highest BCUT2D eigenvalue weighted by Crippen LogP contribution is 2.29. The monoisotopic (exact) mass is 406 g/mol. The Morgan fingerprint density at radius 1 is 1.00 bits per heavy atom. The van der Waals surface area contributed by atoms with E-state index in [0.717, 1.165) is 37.2 Å². The first-order chi connectivity index (χ1) is 14.2. The van der Waals surface area contributed by atoms with Gasteiger partial charge in [-0.15, -0.1) is 0 Å². The van der Waals surface area contributed by atoms with Gasteiger partial charge >= 0.3 is 0 Å². The summed E-state index contributed by atoms with van der Waals surface area (Å²) in [6, 6.07) is 17.3. The summed E-state index contributed by atoms with van der Waals surface area (Å²) in [5.74, 6) is 0.524. The first-order valence-corrected chi connectivity index (χ1v) is 10.3. The van der Waals surface area contributed by atoms with Crippen LogP contribution in [0.2, 0.25) is 5.02 Å². The number of rotatable bonds is 5. The van der Waals surface area contributed by atoms with Crippen LogP contribution in [0.1, 0.15) is 46.9 Å². The zero-order valence-electron chi connectivity index (χ0n) is 16.1. The van der Waals surface area contributed by atoms with E-state index in [1.54, 1.807) is 18.5 Å². The summed E-state index contributed by atoms with van der Waals surface area (Å²) < 4.78 is 0. The molecule has 0 aliphatic carbocycles. The van der Waals surface area contributed by atoms with Gasteiger partial charge in [0.1, 0.15) is 5.82 Å². The average molecular weight is 407 g/mol. The summed E-state index contributed by atoms with van der Waals surface area (Å²) in [6.45, 7) is 1.60. The predicted octanol–water partition coefficient (Wildman–Crippen LogP) is 4.96. The Morgan fingerprint density at radius 3 is 2.45 bits per heavy atom. The SMILES string of the molecule is O=C(c1cnc(NC(c2ccccc2)c2ccccn2)c(Cl)c1)N1CCCCC1. The molecule has 1 fully saturated rings. The van der Waals surface area contributed by atoms with Gasteiger partial charge in [-0.3, -0.25) is 9.78 Å². The molecule has 1 aliphatic heterocycles. The first kappa shape index (κ1) is 19.4. The number of halogens is 1. The summed E-state index contributed by atoms with van der Waals surface area (Å²) in [5.41, 5.74) is 2.44. The molecule has 29 heavy (non-hydrogen) atoms. The molecule has 0 spiro atoms. The Bertz CT molecular complexity index is 920. The van der Waals surface area contributed by atoms with Crippen LogP contribution in [0.15, 0.2) is 67.0 Å². The molecule has 0 saturated carbocycles. The van der Waals surface area contributed by atoms with E-state index in [9.17, 15) is 4.79 Å². The predicted molar refractivity (Wildman–Crippen MR) is 115 cm³/mol. The lowest BCUT2D eigenvalue weighted by atomic mass is 10.0. The first-order valence-electron chi connectivity index (χ1n) is 9.89. The number of pyridine rings is 2. The van der Waals surface area contributed by atoms with Gasteiger partial charge in [0.15, 0.2) is 0 Å². The van der Waals surface area contributed by atoms with Crippen LogP contribution in [0, 0.1) is 0 Å². The van der Waals surface area contributed by atoms with E-state index in [1.807, 2.05) is 53.4 Å². The molecule has 3 heterocycles. The zero-order valence-corrected chi connectivity index (χ0v) is 16.8. The molecule has 1 aromatic carbocycles. The van der Waals surface area contributed by atoms with Gasteiger partial charge < -0.3 is 10.2 Å². The number of hydrogen-bond donors (Lipinski definition) is 1. The van der Waals surface area contributed by atoms with E-state index in [2.05, 4.69) is 15.3 Å². The summed E-state index contributed by atoms with van der Waals surface area (Å²) in [4.78, 5) is 23.6. The van der Waals surface area contributed by atoms with Crippen molar-refractivity contribution in [2.45, 2.75) is 25.3 Å². The third-order valence-electron chi connectivity index (χ3n) is 5.13. The zero-order chi connectivity index (χ0) is 20.1. The number of likely N-dealkylation sites (tertiary alicyclic amines) is 1. The maximum absolute atomic E-state index is 12.7. The van der Waals surface area contributed by atoms with Gasteiger partial charge in [-0.2, -0.15) is 0 Å². The van der Waals surface area contributed by atoms with Crippen LogP contribution in [0.5, 0.6) is 0 Å². The molecule has 1 unspecified atom stereocenters. The van der Waals surface area contributed by atoms with Crippen LogP contribution in [0.25, 0.3) is 0 Å². The van der Waals surface area contributed by atoms with E-state index >= 15 is 0 Å². The van der Waals surface area contributed by atoms with Crippen LogP contribution in [0.4, 0.5) is 5.82 Å². The highest BCUT2D eigenvalue weighted by atomic mass is 35.5. The number of aromatic nitrogens is 2. The van der Waals surface area contributed by atoms with Crippen molar-refractivity contribution in [3.05, 3.63) is 88.8 Å². The molecule has 3 aromatic rings. The number of carbonyl (C=O) groups excluding carboxylic acids is 1. The minimum Gasteiger partial charge on any atom is -0.356 e. The molecule has 6 heteroatoms. The molecule has 148 valence electrons. The number of piperidine rings is 1. The second-order valence-electron chi connectivity index (χ2n) is 7.15. The third kappa shape index (κ3) is 4.57. The van der Waals surface area contributed by atoms with E-state index in [-0.39, 0.29) is 11.9 Å². The number of amides is 1. The maximum atomic E-state index is 12.7. The highest BCUT2D eigenvalue weighted by molar-refractivity contribution is 6.33. The van der Waals surface area contributed by atoms with E-state index in [1.165, 1.54) is 6.42 Å². The summed E-state index contributed by atoms with van der Waals surface area (Å²) in [6.07, 6.45) is 6.65. The van der Waals surface area contributed by atoms with Crippen molar-refractivity contribution >= 4 is 23.3 Å². The topological polar surface area (TPSA) is 58.1 Å². The van der Waals surface area contributed by atoms with Crippen LogP contribution in [-0.4, -0.2) is 33.9 Å². The van der Waals surface area contributed by atoms with Gasteiger partial charge in [0.2, 0.25) is 0 Å². The number of nitrogens with zero attached hydrogens (tertiary/aromatic N) is 3. The average Bonchev–Trinajstić information content (AvgIpc) is 2.79. The van der Waals surface area contributed by atoms with Crippen molar-refractivity contribution in [3.8, 4) is 0 Å². The molecule has 1 atom stereocenters. The number of anilines is 1. The maximum Gasteiger partial charge on any atom is 0.255 e. The lowest BCUT2D eigenvalue weighted by molar-refractivity contribution is 0.0724. The van der Waals surface area contributed by atoms with Gasteiger partial charge in [0.05, 0.1) is 22.3 Å². The number of nitrogens with one attached hydrogen (secondary N) is 1. The lowest BCUT2D eigenvalue weighted by Crippen LogP contribution is -2.35. The van der Waals surface area contributed by atoms with Crippen molar-refractivity contribution < 1.29 is 4.79 Å². The summed E-state index contributed by atoms with van der Waals surface area (Å²) in [5, 5.41) is 3.82. The quantitative estimate of drug-likeness (QED) is 0.650. The van der Waals surface area contributed by atoms with Crippen LogP contribution >= 0.6 is 11.6 Å². The van der Waals surface area contributed by atoms with Gasteiger partial charge in [0, 0.05) is 25.5 Å². The second-order valence-corrected chi connectivity index (χ2v) is 7.56. The van der Waals surface area contributed by atoms with Crippen molar-refractivity contribution in [1.29, 1.82) is 0 Å². The van der Waals surface area contributed by atoms with Gasteiger partial charge in [-0.05, 0) is 43.0 Å². The van der Waals surface area contributed by atoms with Gasteiger partial charge in [-0.25, -0.2) is 4.98 Å². The van der Waals surface area contributed by atoms with Crippen LogP contribution in [0.3, 0.4) is 0 Å². The minimum absolute atomic E-state index is 0.00464. The molecule has 4 rings (SSSR count). The summed E-state index contributed by atoms with van der Waals surface area (Å²) >= 11 is 6.52. The number of hydrogen-bond acceptors (Lipinski definition) is 4. The minimum atomic E-state index is -0.203. The molecule has 1 N–H and O–H groups in total. The Kier molecular flexibility index (Phi) is 6.06. The Morgan fingerprint density at radius 2 is 1.76 bits per heavy atom. The molecular formula is C23H23ClN4O. The van der Waals surface area contributed by atoms with E-state index < -0.39 is 0 Å². The second kappa shape index (κ2) is 9.05. The Hall–Kier alpha value is -2.92. The number of carbonyl (C=O) groups is 1. The van der Waals surface area contributed by atoms with Crippen LogP contribution in [-0.2, 0) is 0 Å². The Labute approximate surface area is 175 Å². The molecule has 0 bridgehead atoms. The van der Waals surface area contributed by atoms with E-state index in [0.29, 0.717) is 16.4 Å². The van der Waals surface area contributed by atoms with Crippen molar-refractivity contribution in [2.24, 2.45) is 0 Å². The highest BCUT2D eigenvalue weighted by Gasteiger charge is 2.21. The molecule has 1 saturated heterocycles. The third-order valence-corrected chi connectivity index (χ3v) is 5.42. The largest absolute Gasteiger partial charge is 0.356 e. The fraction of sp³-hybridized carbons (Fsp3) is 0.261. The van der Waals surface area contributed by atoms with Crippen LogP contribution < -0.4 is 5.32 Å². The standard InChI is InChI=1S/C23H23ClN4O/c24-19-15-18(23(29)28-13-7-2-8-14-28)16-26-22(19)27-21(17-9-3-1-4-10-17)20-11-5-6-12-25-20/h1,3-6,9-12,15-16,21H,2,7-8,13-14H2,(H,26,27). The van der Waals surface area contributed by atoms with E-state index in [4.69, 9.17) is 11.6 Å². The molecule has 2 aromatic heterocycles. The molecule has 1 amide bonds. The van der Waals surface area contributed by atoms with Crippen molar-refractivity contribution in [1.82, 2.24) is 14.9 Å². The van der Waals surface area contributed by atoms with Crippen molar-refractivity contribution in [2.75, 3.05) is 18.4 Å². The van der Waals surface area contributed by atoms with Gasteiger partial charge in [0.25, 0.3) is 5.91 Å². The molecular weight excluding hydrogens is 384 g/mol. The molecule has 5 nitrogen and oxygen atoms in total. The fourth-order valence-corrected chi connectivity index (χ4v) is 3.82. The molecule has 0 radical (unpaired) electrons. The summed E-state index contributed by atoms with van der Waals surface area (Å²) in [7, 11) is 0.